The van der Waals surface area contributed by atoms with Crippen molar-refractivity contribution >= 4 is 12.1 Å². The number of aliphatic carboxylic acids is 1. The number of carboxylic acids is 1. The van der Waals surface area contributed by atoms with Crippen molar-refractivity contribution in [2.45, 2.75) is 18.9 Å². The van der Waals surface area contributed by atoms with E-state index in [9.17, 15) is 14.7 Å². The SMILES string of the molecule is O=C(NC(Cc1ccccc1)C(=O)O)OCCc1cccnc1. The minimum absolute atomic E-state index is 0.162. The van der Waals surface area contributed by atoms with Crippen LogP contribution in [-0.4, -0.2) is 34.8 Å². The van der Waals surface area contributed by atoms with Crippen LogP contribution in [0.4, 0.5) is 4.79 Å². The predicted molar refractivity (Wildman–Crippen MR) is 84.0 cm³/mol. The van der Waals surface area contributed by atoms with Crippen LogP contribution in [0.5, 0.6) is 0 Å². The van der Waals surface area contributed by atoms with E-state index in [-0.39, 0.29) is 13.0 Å². The highest BCUT2D eigenvalue weighted by Crippen LogP contribution is 2.04. The number of hydrogen-bond acceptors (Lipinski definition) is 4. The Morgan fingerprint density at radius 3 is 2.52 bits per heavy atom. The number of rotatable bonds is 7. The summed E-state index contributed by atoms with van der Waals surface area (Å²) < 4.78 is 5.02. The van der Waals surface area contributed by atoms with Gasteiger partial charge in [0.05, 0.1) is 6.61 Å². The summed E-state index contributed by atoms with van der Waals surface area (Å²) in [5, 5.41) is 11.6. The zero-order valence-electron chi connectivity index (χ0n) is 12.5. The second kappa shape index (κ2) is 8.53. The fourth-order valence-electron chi connectivity index (χ4n) is 2.04. The van der Waals surface area contributed by atoms with E-state index >= 15 is 0 Å². The van der Waals surface area contributed by atoms with Gasteiger partial charge in [0.15, 0.2) is 0 Å². The number of nitrogens with one attached hydrogen (secondary N) is 1. The maximum atomic E-state index is 11.7. The minimum atomic E-state index is -1.10. The number of benzene rings is 1. The average Bonchev–Trinajstić information content (AvgIpc) is 2.56. The Bertz CT molecular complexity index is 632. The summed E-state index contributed by atoms with van der Waals surface area (Å²) in [6.45, 7) is 0.162. The molecule has 1 heterocycles. The van der Waals surface area contributed by atoms with Crippen molar-refractivity contribution in [1.82, 2.24) is 10.3 Å². The molecule has 1 amide bonds. The van der Waals surface area contributed by atoms with E-state index in [0.717, 1.165) is 11.1 Å². The topological polar surface area (TPSA) is 88.5 Å². The minimum Gasteiger partial charge on any atom is -0.480 e. The van der Waals surface area contributed by atoms with Crippen molar-refractivity contribution in [1.29, 1.82) is 0 Å². The van der Waals surface area contributed by atoms with E-state index in [1.807, 2.05) is 36.4 Å². The van der Waals surface area contributed by atoms with E-state index in [1.54, 1.807) is 18.5 Å². The van der Waals surface area contributed by atoms with Gasteiger partial charge in [-0.15, -0.1) is 0 Å². The number of alkyl carbamates (subject to hydrolysis) is 1. The smallest absolute Gasteiger partial charge is 0.407 e. The summed E-state index contributed by atoms with van der Waals surface area (Å²) >= 11 is 0. The van der Waals surface area contributed by atoms with Gasteiger partial charge in [-0.3, -0.25) is 4.98 Å². The normalized spacial score (nSPS) is 11.5. The Hall–Kier alpha value is -2.89. The van der Waals surface area contributed by atoms with Gasteiger partial charge in [0, 0.05) is 25.2 Å². The van der Waals surface area contributed by atoms with Crippen LogP contribution in [0.3, 0.4) is 0 Å². The third-order valence-electron chi connectivity index (χ3n) is 3.22. The van der Waals surface area contributed by atoms with Gasteiger partial charge in [-0.05, 0) is 17.2 Å². The van der Waals surface area contributed by atoms with Gasteiger partial charge in [-0.2, -0.15) is 0 Å². The van der Waals surface area contributed by atoms with Crippen LogP contribution in [0.25, 0.3) is 0 Å². The molecule has 23 heavy (non-hydrogen) atoms. The third kappa shape index (κ3) is 5.78. The number of nitrogens with zero attached hydrogens (tertiary/aromatic N) is 1. The second-order valence-corrected chi connectivity index (χ2v) is 4.97. The highest BCUT2D eigenvalue weighted by atomic mass is 16.5. The first-order valence-electron chi connectivity index (χ1n) is 7.24. The van der Waals surface area contributed by atoms with Crippen molar-refractivity contribution in [3.05, 3.63) is 66.0 Å². The molecule has 6 nitrogen and oxygen atoms in total. The van der Waals surface area contributed by atoms with Crippen molar-refractivity contribution < 1.29 is 19.4 Å². The number of carboxylic acid groups (broad SMARTS) is 1. The molecule has 0 aliphatic carbocycles. The average molecular weight is 314 g/mol. The quantitative estimate of drug-likeness (QED) is 0.816. The number of hydrogen-bond donors (Lipinski definition) is 2. The lowest BCUT2D eigenvalue weighted by Gasteiger charge is -2.14. The van der Waals surface area contributed by atoms with Gasteiger partial charge in [0.1, 0.15) is 6.04 Å². The molecule has 0 bridgehead atoms. The van der Waals surface area contributed by atoms with Crippen LogP contribution in [-0.2, 0) is 22.4 Å². The zero-order chi connectivity index (χ0) is 16.5. The molecule has 0 fully saturated rings. The Kier molecular flexibility index (Phi) is 6.11. The molecule has 0 radical (unpaired) electrons. The molecular weight excluding hydrogens is 296 g/mol. The largest absolute Gasteiger partial charge is 0.480 e. The van der Waals surface area contributed by atoms with Crippen molar-refractivity contribution in [3.8, 4) is 0 Å². The molecule has 1 atom stereocenters. The van der Waals surface area contributed by atoms with E-state index in [2.05, 4.69) is 10.3 Å². The van der Waals surface area contributed by atoms with Crippen LogP contribution in [0.2, 0.25) is 0 Å². The lowest BCUT2D eigenvalue weighted by molar-refractivity contribution is -0.139. The molecule has 2 rings (SSSR count). The lowest BCUT2D eigenvalue weighted by atomic mass is 10.1. The second-order valence-electron chi connectivity index (χ2n) is 4.97. The summed E-state index contributed by atoms with van der Waals surface area (Å²) in [4.78, 5) is 26.9. The molecule has 2 N–H and O–H groups in total. The molecule has 0 aliphatic rings. The standard InChI is InChI=1S/C17H18N2O4/c20-16(21)15(11-13-5-2-1-3-6-13)19-17(22)23-10-8-14-7-4-9-18-12-14/h1-7,9,12,15H,8,10-11H2,(H,19,22)(H,20,21). The molecular formula is C17H18N2O4. The van der Waals surface area contributed by atoms with E-state index in [1.165, 1.54) is 0 Å². The van der Waals surface area contributed by atoms with Crippen LogP contribution in [0, 0.1) is 0 Å². The molecule has 2 aromatic rings. The Morgan fingerprint density at radius 2 is 1.87 bits per heavy atom. The number of ether oxygens (including phenoxy) is 1. The Morgan fingerprint density at radius 1 is 1.13 bits per heavy atom. The van der Waals surface area contributed by atoms with Gasteiger partial charge >= 0.3 is 12.1 Å². The van der Waals surface area contributed by atoms with Crippen molar-refractivity contribution in [3.63, 3.8) is 0 Å². The number of carbonyl (C=O) groups is 2. The van der Waals surface area contributed by atoms with Crippen molar-refractivity contribution in [2.24, 2.45) is 0 Å². The third-order valence-corrected chi connectivity index (χ3v) is 3.22. The number of pyridine rings is 1. The summed E-state index contributed by atoms with van der Waals surface area (Å²) in [6.07, 6.45) is 3.35. The monoisotopic (exact) mass is 314 g/mol. The first kappa shape index (κ1) is 16.5. The Labute approximate surface area is 134 Å². The number of aromatic nitrogens is 1. The zero-order valence-corrected chi connectivity index (χ0v) is 12.5. The molecule has 0 spiro atoms. The van der Waals surface area contributed by atoms with E-state index in [0.29, 0.717) is 6.42 Å². The van der Waals surface area contributed by atoms with Gasteiger partial charge in [-0.25, -0.2) is 9.59 Å². The molecule has 120 valence electrons. The maximum Gasteiger partial charge on any atom is 0.407 e. The van der Waals surface area contributed by atoms with Gasteiger partial charge in [0.2, 0.25) is 0 Å². The predicted octanol–water partition coefficient (Wildman–Crippen LogP) is 2.05. The van der Waals surface area contributed by atoms with Crippen LogP contribution in [0.1, 0.15) is 11.1 Å². The van der Waals surface area contributed by atoms with Gasteiger partial charge in [0.25, 0.3) is 0 Å². The van der Waals surface area contributed by atoms with Gasteiger partial charge in [-0.1, -0.05) is 36.4 Å². The lowest BCUT2D eigenvalue weighted by Crippen LogP contribution is -2.42. The summed E-state index contributed by atoms with van der Waals surface area (Å²) in [5.74, 6) is -1.10. The van der Waals surface area contributed by atoms with E-state index < -0.39 is 18.1 Å². The first-order valence-corrected chi connectivity index (χ1v) is 7.24. The molecule has 6 heteroatoms. The molecule has 0 aliphatic heterocycles. The summed E-state index contributed by atoms with van der Waals surface area (Å²) in [7, 11) is 0. The van der Waals surface area contributed by atoms with Crippen molar-refractivity contribution in [2.75, 3.05) is 6.61 Å². The molecule has 1 aromatic carbocycles. The fourth-order valence-corrected chi connectivity index (χ4v) is 2.04. The summed E-state index contributed by atoms with van der Waals surface area (Å²) in [5.41, 5.74) is 1.77. The summed E-state index contributed by atoms with van der Waals surface area (Å²) in [6, 6.07) is 11.8. The first-order chi connectivity index (χ1) is 11.1. The van der Waals surface area contributed by atoms with Gasteiger partial charge < -0.3 is 15.2 Å². The fraction of sp³-hybridized carbons (Fsp3) is 0.235. The van der Waals surface area contributed by atoms with Crippen LogP contribution < -0.4 is 5.32 Å². The molecule has 0 saturated heterocycles. The number of carbonyl (C=O) groups excluding carboxylic acids is 1. The maximum absolute atomic E-state index is 11.7. The Balaban J connectivity index is 1.80. The molecule has 1 aromatic heterocycles. The van der Waals surface area contributed by atoms with Crippen LogP contribution in [0.15, 0.2) is 54.9 Å². The molecule has 1 unspecified atom stereocenters. The molecule has 0 saturated carbocycles. The highest BCUT2D eigenvalue weighted by molar-refractivity contribution is 5.80. The number of amides is 1. The van der Waals surface area contributed by atoms with Crippen LogP contribution >= 0.6 is 0 Å². The van der Waals surface area contributed by atoms with E-state index in [4.69, 9.17) is 4.74 Å². The highest BCUT2D eigenvalue weighted by Gasteiger charge is 2.20.